The van der Waals surface area contributed by atoms with E-state index in [1.807, 2.05) is 30.3 Å². The summed E-state index contributed by atoms with van der Waals surface area (Å²) in [5.41, 5.74) is 3.95. The van der Waals surface area contributed by atoms with Crippen LogP contribution in [0.2, 0.25) is 0 Å². The summed E-state index contributed by atoms with van der Waals surface area (Å²) in [6.07, 6.45) is 1.59. The minimum Gasteiger partial charge on any atom is -0.465 e. The van der Waals surface area contributed by atoms with Crippen LogP contribution in [0.3, 0.4) is 0 Å². The van der Waals surface area contributed by atoms with Crippen molar-refractivity contribution < 1.29 is 19.5 Å². The number of nitrogens with one attached hydrogen (secondary N) is 1. The monoisotopic (exact) mass is 387 g/mol. The number of amides is 1. The molecule has 8 heteroatoms. The Morgan fingerprint density at radius 2 is 1.96 bits per heavy atom. The highest BCUT2D eigenvalue weighted by Gasteiger charge is 2.36. The summed E-state index contributed by atoms with van der Waals surface area (Å²) < 4.78 is 0. The normalized spacial score (nSPS) is 19.6. The quantitative estimate of drug-likeness (QED) is 0.582. The second-order valence-electron chi connectivity index (χ2n) is 6.21. The molecule has 0 radical (unpaired) electrons. The summed E-state index contributed by atoms with van der Waals surface area (Å²) in [6.45, 7) is 0.589. The first kappa shape index (κ1) is 19.3. The minimum atomic E-state index is -1.11. The van der Waals surface area contributed by atoms with Gasteiger partial charge in [-0.2, -0.15) is 5.48 Å². The Balaban J connectivity index is 1.53. The van der Waals surface area contributed by atoms with E-state index in [2.05, 4.69) is 10.5 Å². The van der Waals surface area contributed by atoms with Gasteiger partial charge in [0.2, 0.25) is 5.12 Å². The molecule has 0 saturated carbocycles. The van der Waals surface area contributed by atoms with Gasteiger partial charge in [-0.3, -0.25) is 14.5 Å². The maximum Gasteiger partial charge on any atom is 0.407 e. The number of nitrogens with zero attached hydrogens (tertiary/aromatic N) is 2. The van der Waals surface area contributed by atoms with Crippen LogP contribution in [0.5, 0.6) is 0 Å². The van der Waals surface area contributed by atoms with E-state index in [-0.39, 0.29) is 17.7 Å². The number of pyridine rings is 1. The van der Waals surface area contributed by atoms with E-state index in [1.54, 1.807) is 24.4 Å². The molecule has 1 aromatic heterocycles. The Bertz CT molecular complexity index is 760. The smallest absolute Gasteiger partial charge is 0.407 e. The Labute approximate surface area is 161 Å². The van der Waals surface area contributed by atoms with Gasteiger partial charge in [0.05, 0.1) is 12.6 Å². The van der Waals surface area contributed by atoms with Gasteiger partial charge >= 0.3 is 6.09 Å². The molecule has 1 fully saturated rings. The Hall–Kier alpha value is -2.42. The highest BCUT2D eigenvalue weighted by Crippen LogP contribution is 2.26. The Morgan fingerprint density at radius 3 is 2.67 bits per heavy atom. The number of aromatic nitrogens is 1. The van der Waals surface area contributed by atoms with E-state index in [9.17, 15) is 14.7 Å². The second kappa shape index (κ2) is 9.50. The van der Waals surface area contributed by atoms with Gasteiger partial charge in [0.1, 0.15) is 11.1 Å². The van der Waals surface area contributed by atoms with Crippen LogP contribution >= 0.6 is 11.8 Å². The number of carbonyl (C=O) groups is 2. The molecule has 2 heterocycles. The second-order valence-corrected chi connectivity index (χ2v) is 7.23. The van der Waals surface area contributed by atoms with Crippen LogP contribution < -0.4 is 5.48 Å². The third kappa shape index (κ3) is 5.53. The summed E-state index contributed by atoms with van der Waals surface area (Å²) in [5.74, 6) is 0. The number of piperidine rings is 1. The van der Waals surface area contributed by atoms with Crippen molar-refractivity contribution in [3.63, 3.8) is 0 Å². The molecule has 1 saturated heterocycles. The van der Waals surface area contributed by atoms with Gasteiger partial charge < -0.3 is 5.11 Å². The van der Waals surface area contributed by atoms with E-state index < -0.39 is 12.1 Å². The summed E-state index contributed by atoms with van der Waals surface area (Å²) in [7, 11) is 0. The molecule has 1 amide bonds. The van der Waals surface area contributed by atoms with Crippen molar-refractivity contribution in [1.82, 2.24) is 15.4 Å². The first-order chi connectivity index (χ1) is 13.1. The average Bonchev–Trinajstić information content (AvgIpc) is 2.69. The average molecular weight is 387 g/mol. The van der Waals surface area contributed by atoms with Gasteiger partial charge in [-0.1, -0.05) is 36.4 Å². The van der Waals surface area contributed by atoms with E-state index >= 15 is 0 Å². The number of carbonyl (C=O) groups excluding carboxylic acids is 1. The Kier molecular flexibility index (Phi) is 6.80. The fourth-order valence-corrected chi connectivity index (χ4v) is 3.77. The summed E-state index contributed by atoms with van der Waals surface area (Å²) in [4.78, 5) is 35.0. The molecule has 0 spiro atoms. The van der Waals surface area contributed by atoms with Crippen molar-refractivity contribution in [1.29, 1.82) is 0 Å². The van der Waals surface area contributed by atoms with Crippen molar-refractivity contribution in [2.75, 3.05) is 6.54 Å². The highest BCUT2D eigenvalue weighted by atomic mass is 32.2. The van der Waals surface area contributed by atoms with Crippen molar-refractivity contribution in [3.05, 3.63) is 60.3 Å². The van der Waals surface area contributed by atoms with Crippen molar-refractivity contribution in [2.45, 2.75) is 36.6 Å². The van der Waals surface area contributed by atoms with Crippen LogP contribution in [-0.2, 0) is 16.2 Å². The fraction of sp³-hybridized carbons (Fsp3) is 0.316. The lowest BCUT2D eigenvalue weighted by Gasteiger charge is -2.36. The number of hydrogen-bond donors (Lipinski definition) is 2. The molecule has 3 rings (SSSR count). The lowest BCUT2D eigenvalue weighted by molar-refractivity contribution is -0.117. The van der Waals surface area contributed by atoms with Crippen LogP contribution in [0.4, 0.5) is 4.79 Å². The maximum absolute atomic E-state index is 12.6. The van der Waals surface area contributed by atoms with Gasteiger partial charge in [-0.15, -0.1) is 0 Å². The van der Waals surface area contributed by atoms with Crippen molar-refractivity contribution in [2.24, 2.45) is 0 Å². The molecule has 2 aromatic rings. The molecule has 7 nitrogen and oxygen atoms in total. The van der Waals surface area contributed by atoms with E-state index in [0.717, 1.165) is 17.3 Å². The van der Waals surface area contributed by atoms with Crippen LogP contribution in [0, 0.1) is 0 Å². The lowest BCUT2D eigenvalue weighted by atomic mass is 10.00. The minimum absolute atomic E-state index is 0.159. The number of rotatable bonds is 6. The third-order valence-corrected chi connectivity index (χ3v) is 5.20. The molecule has 27 heavy (non-hydrogen) atoms. The summed E-state index contributed by atoms with van der Waals surface area (Å²) in [5, 5.41) is 9.89. The predicted octanol–water partition coefficient (Wildman–Crippen LogP) is 2.93. The van der Waals surface area contributed by atoms with Crippen molar-refractivity contribution >= 4 is 23.0 Å². The Morgan fingerprint density at radius 1 is 1.19 bits per heavy atom. The SMILES string of the molecule is O=C(Sc1ccccn1)[C@@H]1CC[C@@H](NOCc2ccccc2)CN1C(=O)O. The standard InChI is InChI=1S/C19H21N3O4S/c23-18(27-17-8-4-5-11-20-17)16-10-9-15(12-22(16)19(24)25)21-26-13-14-6-2-1-3-7-14/h1-8,11,15-16,21H,9-10,12-13H2,(H,24,25)/t15-,16+/m1/s1. The number of hydrogen-bond acceptors (Lipinski definition) is 6. The molecule has 0 aliphatic carbocycles. The van der Waals surface area contributed by atoms with E-state index in [4.69, 9.17) is 4.84 Å². The van der Waals surface area contributed by atoms with E-state index in [1.165, 1.54) is 4.90 Å². The lowest BCUT2D eigenvalue weighted by Crippen LogP contribution is -2.54. The third-order valence-electron chi connectivity index (χ3n) is 4.27. The molecule has 0 bridgehead atoms. The zero-order valence-electron chi connectivity index (χ0n) is 14.7. The molecule has 1 aliphatic rings. The van der Waals surface area contributed by atoms with Gasteiger partial charge in [0.25, 0.3) is 0 Å². The predicted molar refractivity (Wildman–Crippen MR) is 101 cm³/mol. The van der Waals surface area contributed by atoms with Crippen molar-refractivity contribution in [3.8, 4) is 0 Å². The van der Waals surface area contributed by atoms with Crippen LogP contribution in [0.1, 0.15) is 18.4 Å². The molecular formula is C19H21N3O4S. The fourth-order valence-electron chi connectivity index (χ4n) is 2.92. The molecular weight excluding hydrogens is 366 g/mol. The topological polar surface area (TPSA) is 91.8 Å². The maximum atomic E-state index is 12.6. The van der Waals surface area contributed by atoms with Gasteiger partial charge in [0, 0.05) is 12.7 Å². The first-order valence-electron chi connectivity index (χ1n) is 8.67. The number of thioether (sulfide) groups is 1. The largest absolute Gasteiger partial charge is 0.465 e. The zero-order chi connectivity index (χ0) is 19.1. The number of likely N-dealkylation sites (tertiary alicyclic amines) is 1. The van der Waals surface area contributed by atoms with Crippen LogP contribution in [0.15, 0.2) is 59.8 Å². The molecule has 142 valence electrons. The van der Waals surface area contributed by atoms with Crippen LogP contribution in [0.25, 0.3) is 0 Å². The number of carboxylic acid groups (broad SMARTS) is 1. The highest BCUT2D eigenvalue weighted by molar-refractivity contribution is 8.13. The summed E-state index contributed by atoms with van der Waals surface area (Å²) in [6, 6.07) is 14.2. The molecule has 1 aliphatic heterocycles. The molecule has 2 atom stereocenters. The first-order valence-corrected chi connectivity index (χ1v) is 9.48. The number of hydroxylamine groups is 1. The molecule has 1 aromatic carbocycles. The van der Waals surface area contributed by atoms with E-state index in [0.29, 0.717) is 24.5 Å². The van der Waals surface area contributed by atoms with Gasteiger partial charge in [-0.05, 0) is 42.3 Å². The zero-order valence-corrected chi connectivity index (χ0v) is 15.5. The summed E-state index contributed by atoms with van der Waals surface area (Å²) >= 11 is 0.981. The molecule has 0 unspecified atom stereocenters. The van der Waals surface area contributed by atoms with Gasteiger partial charge in [-0.25, -0.2) is 9.78 Å². The molecule has 2 N–H and O–H groups in total. The number of benzene rings is 1. The van der Waals surface area contributed by atoms with Crippen LogP contribution in [-0.4, -0.2) is 44.8 Å². The van der Waals surface area contributed by atoms with Gasteiger partial charge in [0.15, 0.2) is 0 Å².